The predicted molar refractivity (Wildman–Crippen MR) is 132 cm³/mol. The molecule has 0 saturated carbocycles. The molecule has 1 aliphatic rings. The number of rotatable bonds is 9. The number of aromatic nitrogens is 2. The maximum atomic E-state index is 13.8. The number of hydroxylamine groups is 1. The van der Waals surface area contributed by atoms with Gasteiger partial charge in [-0.15, -0.1) is 0 Å². The van der Waals surface area contributed by atoms with E-state index in [1.165, 1.54) is 29.2 Å². The van der Waals surface area contributed by atoms with E-state index in [2.05, 4.69) is 20.9 Å². The van der Waals surface area contributed by atoms with Crippen molar-refractivity contribution in [1.82, 2.24) is 30.8 Å². The molecule has 2 heterocycles. The molecule has 1 aliphatic heterocycles. The molecule has 1 aromatic heterocycles. The van der Waals surface area contributed by atoms with Crippen molar-refractivity contribution in [2.24, 2.45) is 0 Å². The monoisotopic (exact) mass is 512 g/mol. The summed E-state index contributed by atoms with van der Waals surface area (Å²) >= 11 is 6.06. The number of nitrogens with one attached hydrogen (secondary N) is 3. The van der Waals surface area contributed by atoms with Crippen molar-refractivity contribution in [3.63, 3.8) is 0 Å². The van der Waals surface area contributed by atoms with Crippen molar-refractivity contribution in [3.05, 3.63) is 94.4 Å². The van der Waals surface area contributed by atoms with E-state index >= 15 is 0 Å². The number of H-pyrrole nitrogens is 1. The number of hydrazine groups is 1. The van der Waals surface area contributed by atoms with Crippen molar-refractivity contribution < 1.29 is 18.8 Å². The Labute approximate surface area is 212 Å². The van der Waals surface area contributed by atoms with Crippen LogP contribution in [-0.2, 0) is 29.1 Å². The molecule has 0 spiro atoms. The van der Waals surface area contributed by atoms with Crippen LogP contribution in [0, 0.1) is 5.82 Å². The van der Waals surface area contributed by atoms with Crippen molar-refractivity contribution in [2.75, 3.05) is 6.61 Å². The van der Waals surface area contributed by atoms with Crippen LogP contribution < -0.4 is 10.9 Å². The minimum atomic E-state index is -0.542. The van der Waals surface area contributed by atoms with E-state index in [0.717, 1.165) is 16.8 Å². The number of aromatic amines is 1. The molecule has 0 aliphatic carbocycles. The second kappa shape index (κ2) is 11.8. The fourth-order valence-corrected chi connectivity index (χ4v) is 4.07. The van der Waals surface area contributed by atoms with E-state index in [0.29, 0.717) is 18.5 Å². The van der Waals surface area contributed by atoms with Crippen LogP contribution in [0.1, 0.15) is 29.3 Å². The van der Waals surface area contributed by atoms with Crippen LogP contribution >= 0.6 is 11.6 Å². The molecule has 9 nitrogen and oxygen atoms in total. The van der Waals surface area contributed by atoms with Gasteiger partial charge in [0.05, 0.1) is 30.5 Å². The molecule has 36 heavy (non-hydrogen) atoms. The Morgan fingerprint density at radius 3 is 2.89 bits per heavy atom. The summed E-state index contributed by atoms with van der Waals surface area (Å²) < 4.78 is 13.8. The number of nitrogens with zero attached hydrogens (tertiary/aromatic N) is 3. The van der Waals surface area contributed by atoms with Gasteiger partial charge in [0.1, 0.15) is 5.82 Å². The molecule has 0 radical (unpaired) electrons. The standard InChI is InChI=1S/C25H26ClFN6O3/c1-17(34)33(30-12-19-7-4-8-23(27)24(19)26)22(11-21-13-28-16-29-21)15-36-31-25(35)32-10-9-18-5-2-3-6-20(18)14-32/h2-10,13,16,22,30H,11-12,14-15H2,1H3,(H,28,29)(H,31,35)/t22-/m0/s1. The Bertz CT molecular complexity index is 1240. The number of hydrogen-bond donors (Lipinski definition) is 3. The van der Waals surface area contributed by atoms with E-state index in [4.69, 9.17) is 16.4 Å². The molecule has 3 amide bonds. The first-order valence-corrected chi connectivity index (χ1v) is 11.7. The van der Waals surface area contributed by atoms with Gasteiger partial charge in [0, 0.05) is 38.0 Å². The molecule has 0 fully saturated rings. The van der Waals surface area contributed by atoms with Gasteiger partial charge in [-0.25, -0.2) is 25.1 Å². The maximum Gasteiger partial charge on any atom is 0.345 e. The van der Waals surface area contributed by atoms with Crippen LogP contribution in [-0.4, -0.2) is 44.5 Å². The van der Waals surface area contributed by atoms with Crippen LogP contribution in [0.3, 0.4) is 0 Å². The SMILES string of the molecule is CC(=O)N(NCc1cccc(F)c1Cl)[C@H](CONC(=O)N1C=Cc2ccccc2C1)Cc1cnc[nH]1. The Hall–Kier alpha value is -3.73. The van der Waals surface area contributed by atoms with Gasteiger partial charge in [-0.3, -0.25) is 19.5 Å². The number of imidazole rings is 1. The second-order valence-corrected chi connectivity index (χ2v) is 8.61. The van der Waals surface area contributed by atoms with Gasteiger partial charge in [-0.05, 0) is 28.8 Å². The highest BCUT2D eigenvalue weighted by molar-refractivity contribution is 6.31. The summed E-state index contributed by atoms with van der Waals surface area (Å²) in [4.78, 5) is 39.3. The van der Waals surface area contributed by atoms with Crippen molar-refractivity contribution >= 4 is 29.6 Å². The lowest BCUT2D eigenvalue weighted by atomic mass is 10.0. The molecule has 11 heteroatoms. The van der Waals surface area contributed by atoms with Crippen LogP contribution in [0.25, 0.3) is 6.08 Å². The average molecular weight is 513 g/mol. The third-order valence-corrected chi connectivity index (χ3v) is 6.14. The van der Waals surface area contributed by atoms with Gasteiger partial charge < -0.3 is 4.98 Å². The number of carbonyl (C=O) groups is 2. The topological polar surface area (TPSA) is 103 Å². The number of fused-ring (bicyclic) bond motifs is 1. The van der Waals surface area contributed by atoms with Gasteiger partial charge in [0.25, 0.3) is 0 Å². The number of amides is 3. The van der Waals surface area contributed by atoms with Crippen molar-refractivity contribution in [3.8, 4) is 0 Å². The summed E-state index contributed by atoms with van der Waals surface area (Å²) in [6, 6.07) is 11.3. The number of hydrogen-bond acceptors (Lipinski definition) is 5. The number of halogens is 2. The quantitative estimate of drug-likeness (QED) is 0.378. The van der Waals surface area contributed by atoms with E-state index in [1.807, 2.05) is 30.3 Å². The molecular weight excluding hydrogens is 487 g/mol. The molecule has 3 N–H and O–H groups in total. The van der Waals surface area contributed by atoms with Gasteiger partial charge in [0.15, 0.2) is 0 Å². The summed E-state index contributed by atoms with van der Waals surface area (Å²) in [5.74, 6) is -0.836. The molecule has 3 aromatic rings. The van der Waals surface area contributed by atoms with Gasteiger partial charge >= 0.3 is 6.03 Å². The summed E-state index contributed by atoms with van der Waals surface area (Å²) in [6.45, 7) is 1.89. The van der Waals surface area contributed by atoms with E-state index in [-0.39, 0.29) is 24.1 Å². The number of carbonyl (C=O) groups excluding carboxylic acids is 2. The summed E-state index contributed by atoms with van der Waals surface area (Å²) in [5, 5.41) is 1.36. The third kappa shape index (κ3) is 6.28. The fraction of sp³-hybridized carbons (Fsp3) is 0.240. The first-order valence-electron chi connectivity index (χ1n) is 11.3. The molecule has 1 atom stereocenters. The van der Waals surface area contributed by atoms with E-state index < -0.39 is 17.9 Å². The summed E-state index contributed by atoms with van der Waals surface area (Å²) in [5.41, 5.74) is 8.81. The molecular formula is C25H26ClFN6O3. The van der Waals surface area contributed by atoms with Crippen LogP contribution in [0.4, 0.5) is 9.18 Å². The van der Waals surface area contributed by atoms with Crippen LogP contribution in [0.2, 0.25) is 5.02 Å². The molecule has 0 unspecified atom stereocenters. The number of benzene rings is 2. The average Bonchev–Trinajstić information content (AvgIpc) is 3.39. The van der Waals surface area contributed by atoms with Crippen LogP contribution in [0.15, 0.2) is 61.2 Å². The van der Waals surface area contributed by atoms with Gasteiger partial charge in [-0.2, -0.15) is 0 Å². The molecule has 188 valence electrons. The lowest BCUT2D eigenvalue weighted by molar-refractivity contribution is -0.137. The molecule has 0 saturated heterocycles. The smallest absolute Gasteiger partial charge is 0.345 e. The zero-order chi connectivity index (χ0) is 25.5. The van der Waals surface area contributed by atoms with Crippen molar-refractivity contribution in [1.29, 1.82) is 0 Å². The summed E-state index contributed by atoms with van der Waals surface area (Å²) in [7, 11) is 0. The fourth-order valence-electron chi connectivity index (χ4n) is 3.87. The van der Waals surface area contributed by atoms with Crippen LogP contribution in [0.5, 0.6) is 0 Å². The molecule has 4 rings (SSSR count). The Balaban J connectivity index is 1.40. The first-order chi connectivity index (χ1) is 17.4. The van der Waals surface area contributed by atoms with Crippen molar-refractivity contribution in [2.45, 2.75) is 32.5 Å². The molecule has 2 aromatic carbocycles. The highest BCUT2D eigenvalue weighted by atomic mass is 35.5. The lowest BCUT2D eigenvalue weighted by Crippen LogP contribution is -2.52. The minimum absolute atomic E-state index is 0.0155. The lowest BCUT2D eigenvalue weighted by Gasteiger charge is -2.31. The first kappa shape index (κ1) is 25.4. The van der Waals surface area contributed by atoms with Gasteiger partial charge in [0.2, 0.25) is 5.91 Å². The normalized spacial score (nSPS) is 13.2. The number of urea groups is 1. The third-order valence-electron chi connectivity index (χ3n) is 5.71. The van der Waals surface area contributed by atoms with Gasteiger partial charge in [-0.1, -0.05) is 48.0 Å². The van der Waals surface area contributed by atoms with E-state index in [1.54, 1.807) is 24.5 Å². The second-order valence-electron chi connectivity index (χ2n) is 8.23. The molecule has 0 bridgehead atoms. The highest BCUT2D eigenvalue weighted by Crippen LogP contribution is 2.20. The Morgan fingerprint density at radius 2 is 2.11 bits per heavy atom. The Morgan fingerprint density at radius 1 is 1.28 bits per heavy atom. The predicted octanol–water partition coefficient (Wildman–Crippen LogP) is 3.79. The maximum absolute atomic E-state index is 13.8. The van der Waals surface area contributed by atoms with E-state index in [9.17, 15) is 14.0 Å². The zero-order valence-electron chi connectivity index (χ0n) is 19.6. The highest BCUT2D eigenvalue weighted by Gasteiger charge is 2.24. The largest absolute Gasteiger partial charge is 0.348 e. The Kier molecular flexibility index (Phi) is 8.32. The zero-order valence-corrected chi connectivity index (χ0v) is 20.3. The summed E-state index contributed by atoms with van der Waals surface area (Å²) in [6.07, 6.45) is 7.08. The minimum Gasteiger partial charge on any atom is -0.348 e.